The summed E-state index contributed by atoms with van der Waals surface area (Å²) in [5.74, 6) is 0.493. The van der Waals surface area contributed by atoms with Gasteiger partial charge in [0.1, 0.15) is 5.75 Å². The van der Waals surface area contributed by atoms with Crippen molar-refractivity contribution in [1.82, 2.24) is 0 Å². The number of hydrogen-bond donors (Lipinski definition) is 0. The lowest BCUT2D eigenvalue weighted by Gasteiger charge is -2.02. The van der Waals surface area contributed by atoms with Crippen LogP contribution in [0, 0.1) is 17.0 Å². The minimum atomic E-state index is -0.484. The second-order valence-corrected chi connectivity index (χ2v) is 4.96. The molecule has 0 saturated carbocycles. The average Bonchev–Trinajstić information content (AvgIpc) is 2.54. The molecule has 5 nitrogen and oxygen atoms in total. The van der Waals surface area contributed by atoms with Crippen molar-refractivity contribution in [2.45, 2.75) is 13.8 Å². The Balaban J connectivity index is 2.15. The zero-order valence-electron chi connectivity index (χ0n) is 13.0. The molecule has 23 heavy (non-hydrogen) atoms. The zero-order valence-corrected chi connectivity index (χ0v) is 13.0. The SMILES string of the molecule is CCOc1ccc(/C=C/C(=O)c2ccc(C)c([N+](=O)[O-])c2)cc1. The van der Waals surface area contributed by atoms with E-state index in [4.69, 9.17) is 4.74 Å². The number of hydrogen-bond acceptors (Lipinski definition) is 4. The maximum Gasteiger partial charge on any atom is 0.273 e. The Kier molecular flexibility index (Phi) is 5.25. The number of aryl methyl sites for hydroxylation is 1. The Bertz CT molecular complexity index is 748. The molecule has 5 heteroatoms. The van der Waals surface area contributed by atoms with E-state index >= 15 is 0 Å². The van der Waals surface area contributed by atoms with Crippen LogP contribution in [0.25, 0.3) is 6.08 Å². The fourth-order valence-corrected chi connectivity index (χ4v) is 2.07. The van der Waals surface area contributed by atoms with Gasteiger partial charge in [0.2, 0.25) is 0 Å². The molecule has 0 aliphatic heterocycles. The first kappa shape index (κ1) is 16.4. The van der Waals surface area contributed by atoms with Gasteiger partial charge in [0, 0.05) is 17.2 Å². The summed E-state index contributed by atoms with van der Waals surface area (Å²) >= 11 is 0. The topological polar surface area (TPSA) is 69.4 Å². The van der Waals surface area contributed by atoms with E-state index in [9.17, 15) is 14.9 Å². The van der Waals surface area contributed by atoms with Crippen molar-refractivity contribution < 1.29 is 14.5 Å². The van der Waals surface area contributed by atoms with Crippen molar-refractivity contribution in [3.8, 4) is 5.75 Å². The molecule has 0 amide bonds. The van der Waals surface area contributed by atoms with E-state index in [0.29, 0.717) is 17.7 Å². The van der Waals surface area contributed by atoms with E-state index in [1.807, 2.05) is 31.2 Å². The number of carbonyl (C=O) groups excluding carboxylic acids is 1. The number of ketones is 1. The van der Waals surface area contributed by atoms with E-state index in [0.717, 1.165) is 11.3 Å². The molecule has 0 saturated heterocycles. The second-order valence-electron chi connectivity index (χ2n) is 4.96. The van der Waals surface area contributed by atoms with Gasteiger partial charge in [-0.05, 0) is 37.6 Å². The van der Waals surface area contributed by atoms with Crippen molar-refractivity contribution in [2.75, 3.05) is 6.61 Å². The first-order chi connectivity index (χ1) is 11.0. The molecule has 0 radical (unpaired) electrons. The van der Waals surface area contributed by atoms with Gasteiger partial charge in [-0.25, -0.2) is 0 Å². The fraction of sp³-hybridized carbons (Fsp3) is 0.167. The van der Waals surface area contributed by atoms with Crippen molar-refractivity contribution in [3.05, 3.63) is 75.3 Å². The minimum Gasteiger partial charge on any atom is -0.494 e. The number of carbonyl (C=O) groups is 1. The van der Waals surface area contributed by atoms with E-state index in [-0.39, 0.29) is 11.5 Å². The van der Waals surface area contributed by atoms with Crippen molar-refractivity contribution in [3.63, 3.8) is 0 Å². The number of rotatable bonds is 6. The quantitative estimate of drug-likeness (QED) is 0.347. The van der Waals surface area contributed by atoms with Crippen LogP contribution in [0.3, 0.4) is 0 Å². The molecule has 2 aromatic carbocycles. The van der Waals surface area contributed by atoms with Gasteiger partial charge >= 0.3 is 0 Å². The molecule has 0 aliphatic carbocycles. The lowest BCUT2D eigenvalue weighted by molar-refractivity contribution is -0.385. The Morgan fingerprint density at radius 2 is 1.91 bits per heavy atom. The first-order valence-electron chi connectivity index (χ1n) is 7.21. The van der Waals surface area contributed by atoms with Gasteiger partial charge in [0.15, 0.2) is 5.78 Å². The minimum absolute atomic E-state index is 0.0506. The van der Waals surface area contributed by atoms with Crippen molar-refractivity contribution in [2.24, 2.45) is 0 Å². The predicted octanol–water partition coefficient (Wildman–Crippen LogP) is 4.20. The Labute approximate surface area is 134 Å². The van der Waals surface area contributed by atoms with Gasteiger partial charge < -0.3 is 4.74 Å². The summed E-state index contributed by atoms with van der Waals surface area (Å²) in [6.07, 6.45) is 3.08. The normalized spacial score (nSPS) is 10.7. The molecular formula is C18H17NO4. The highest BCUT2D eigenvalue weighted by Gasteiger charge is 2.13. The third kappa shape index (κ3) is 4.26. The van der Waals surface area contributed by atoms with E-state index in [1.165, 1.54) is 12.1 Å². The van der Waals surface area contributed by atoms with Crippen LogP contribution in [0.5, 0.6) is 5.75 Å². The molecule has 118 valence electrons. The highest BCUT2D eigenvalue weighted by atomic mass is 16.6. The maximum absolute atomic E-state index is 12.1. The van der Waals surface area contributed by atoms with Crippen molar-refractivity contribution >= 4 is 17.5 Å². The second kappa shape index (κ2) is 7.35. The monoisotopic (exact) mass is 311 g/mol. The van der Waals surface area contributed by atoms with Gasteiger partial charge in [-0.3, -0.25) is 14.9 Å². The number of nitro groups is 1. The summed E-state index contributed by atoms with van der Waals surface area (Å²) in [6, 6.07) is 11.8. The number of allylic oxidation sites excluding steroid dienone is 1. The molecule has 0 heterocycles. The van der Waals surface area contributed by atoms with Gasteiger partial charge in [0.05, 0.1) is 11.5 Å². The summed E-state index contributed by atoms with van der Waals surface area (Å²) in [6.45, 7) is 4.15. The molecule has 0 aromatic heterocycles. The number of nitrogens with zero attached hydrogens (tertiary/aromatic N) is 1. The molecule has 2 rings (SSSR count). The molecule has 0 spiro atoms. The summed E-state index contributed by atoms with van der Waals surface area (Å²) < 4.78 is 5.35. The standard InChI is InChI=1S/C18H17NO4/c1-3-23-16-9-5-14(6-10-16)7-11-18(20)15-8-4-13(2)17(12-15)19(21)22/h4-12H,3H2,1-2H3/b11-7+. The highest BCUT2D eigenvalue weighted by molar-refractivity contribution is 6.07. The van der Waals surface area contributed by atoms with Crippen LogP contribution in [0.4, 0.5) is 5.69 Å². The third-order valence-corrected chi connectivity index (χ3v) is 3.31. The average molecular weight is 311 g/mol. The van der Waals surface area contributed by atoms with Crippen LogP contribution < -0.4 is 4.74 Å². The summed E-state index contributed by atoms with van der Waals surface area (Å²) in [4.78, 5) is 22.6. The third-order valence-electron chi connectivity index (χ3n) is 3.31. The van der Waals surface area contributed by atoms with Gasteiger partial charge in [0.25, 0.3) is 5.69 Å². The molecule has 0 fully saturated rings. The van der Waals surface area contributed by atoms with E-state index < -0.39 is 4.92 Å². The Morgan fingerprint density at radius 1 is 1.22 bits per heavy atom. The fourth-order valence-electron chi connectivity index (χ4n) is 2.07. The molecule has 0 atom stereocenters. The van der Waals surface area contributed by atoms with E-state index in [2.05, 4.69) is 0 Å². The maximum atomic E-state index is 12.1. The van der Waals surface area contributed by atoms with Crippen LogP contribution in [0.1, 0.15) is 28.4 Å². The molecule has 0 unspecified atom stereocenters. The largest absolute Gasteiger partial charge is 0.494 e. The zero-order chi connectivity index (χ0) is 16.8. The summed E-state index contributed by atoms with van der Waals surface area (Å²) in [5, 5.41) is 10.9. The molecule has 0 N–H and O–H groups in total. The highest BCUT2D eigenvalue weighted by Crippen LogP contribution is 2.20. The summed E-state index contributed by atoms with van der Waals surface area (Å²) in [7, 11) is 0. The summed E-state index contributed by atoms with van der Waals surface area (Å²) in [5.41, 5.74) is 1.63. The van der Waals surface area contributed by atoms with Crippen LogP contribution in [0.2, 0.25) is 0 Å². The molecule has 0 aliphatic rings. The molecule has 0 bridgehead atoms. The number of ether oxygens (including phenoxy) is 1. The van der Waals surface area contributed by atoms with Gasteiger partial charge in [-0.15, -0.1) is 0 Å². The number of benzene rings is 2. The van der Waals surface area contributed by atoms with Gasteiger partial charge in [-0.2, -0.15) is 0 Å². The van der Waals surface area contributed by atoms with Crippen LogP contribution in [-0.4, -0.2) is 17.3 Å². The van der Waals surface area contributed by atoms with Crippen molar-refractivity contribution in [1.29, 1.82) is 0 Å². The van der Waals surface area contributed by atoms with Crippen LogP contribution in [-0.2, 0) is 0 Å². The van der Waals surface area contributed by atoms with Crippen LogP contribution in [0.15, 0.2) is 48.5 Å². The molecular weight excluding hydrogens is 294 g/mol. The predicted molar refractivity (Wildman–Crippen MR) is 88.8 cm³/mol. The first-order valence-corrected chi connectivity index (χ1v) is 7.21. The lowest BCUT2D eigenvalue weighted by atomic mass is 10.1. The van der Waals surface area contributed by atoms with E-state index in [1.54, 1.807) is 25.1 Å². The number of nitro benzene ring substituents is 1. The molecule has 2 aromatic rings. The Hall–Kier alpha value is -2.95. The Morgan fingerprint density at radius 3 is 2.52 bits per heavy atom. The lowest BCUT2D eigenvalue weighted by Crippen LogP contribution is -1.98. The smallest absolute Gasteiger partial charge is 0.273 e. The van der Waals surface area contributed by atoms with Crippen LogP contribution >= 0.6 is 0 Å². The van der Waals surface area contributed by atoms with Gasteiger partial charge in [-0.1, -0.05) is 30.3 Å².